The molecule has 0 radical (unpaired) electrons. The van der Waals surface area contributed by atoms with Crippen molar-refractivity contribution in [1.82, 2.24) is 10.5 Å². The number of carbonyl (C=O) groups excluding carboxylic acids is 1. The van der Waals surface area contributed by atoms with Crippen molar-refractivity contribution in [1.29, 1.82) is 0 Å². The SMILES string of the molecule is N[NH+]1CCN(CC(=O)c2ccccc2)N1. The molecular formula is C10H15N4O+. The van der Waals surface area contributed by atoms with E-state index in [0.717, 1.165) is 23.8 Å². The average Bonchev–Trinajstić information content (AvgIpc) is 2.65. The van der Waals surface area contributed by atoms with Crippen LogP contribution in [0.15, 0.2) is 30.3 Å². The minimum atomic E-state index is 0.109. The fourth-order valence-electron chi connectivity index (χ4n) is 1.58. The van der Waals surface area contributed by atoms with Crippen molar-refractivity contribution in [2.24, 2.45) is 5.84 Å². The molecule has 0 amide bonds. The summed E-state index contributed by atoms with van der Waals surface area (Å²) in [4.78, 5) is 11.8. The summed E-state index contributed by atoms with van der Waals surface area (Å²) in [6.45, 7) is 1.97. The summed E-state index contributed by atoms with van der Waals surface area (Å²) in [6, 6.07) is 9.28. The molecule has 1 aromatic rings. The molecule has 80 valence electrons. The number of nitrogens with zero attached hydrogens (tertiary/aromatic N) is 1. The number of hydrogen-bond donors (Lipinski definition) is 3. The zero-order chi connectivity index (χ0) is 10.7. The Hall–Kier alpha value is -1.27. The lowest BCUT2D eigenvalue weighted by Gasteiger charge is -2.11. The molecule has 1 aliphatic heterocycles. The first-order valence-corrected chi connectivity index (χ1v) is 4.97. The van der Waals surface area contributed by atoms with Crippen molar-refractivity contribution in [3.8, 4) is 0 Å². The van der Waals surface area contributed by atoms with Crippen molar-refractivity contribution in [3.05, 3.63) is 35.9 Å². The Kier molecular flexibility index (Phi) is 3.08. The summed E-state index contributed by atoms with van der Waals surface area (Å²) in [5.41, 5.74) is 3.70. The largest absolute Gasteiger partial charge is 0.293 e. The fourth-order valence-corrected chi connectivity index (χ4v) is 1.58. The standard InChI is InChI=1S/C10H14N4O/c11-14-7-6-13(12-14)8-10(15)9-4-2-1-3-5-9/h1-5,12H,6-8,11H2/p+1. The molecule has 1 atom stereocenters. The van der Waals surface area contributed by atoms with E-state index < -0.39 is 0 Å². The Morgan fingerprint density at radius 3 is 2.80 bits per heavy atom. The summed E-state index contributed by atoms with van der Waals surface area (Å²) >= 11 is 0. The van der Waals surface area contributed by atoms with Gasteiger partial charge in [-0.15, -0.1) is 0 Å². The lowest BCUT2D eigenvalue weighted by molar-refractivity contribution is -0.952. The first-order valence-electron chi connectivity index (χ1n) is 4.97. The molecule has 2 rings (SSSR count). The van der Waals surface area contributed by atoms with E-state index in [2.05, 4.69) is 5.53 Å². The minimum Gasteiger partial charge on any atom is -0.293 e. The van der Waals surface area contributed by atoms with Crippen LogP contribution in [0, 0.1) is 0 Å². The van der Waals surface area contributed by atoms with Gasteiger partial charge in [0.1, 0.15) is 6.54 Å². The van der Waals surface area contributed by atoms with Crippen molar-refractivity contribution in [2.45, 2.75) is 0 Å². The quantitative estimate of drug-likeness (QED) is 0.411. The number of ketones is 1. The van der Waals surface area contributed by atoms with E-state index in [4.69, 9.17) is 5.84 Å². The van der Waals surface area contributed by atoms with Crippen molar-refractivity contribution < 1.29 is 9.91 Å². The van der Waals surface area contributed by atoms with Crippen LogP contribution in [0.2, 0.25) is 0 Å². The van der Waals surface area contributed by atoms with Gasteiger partial charge in [0.05, 0.1) is 13.1 Å². The van der Waals surface area contributed by atoms with Crippen LogP contribution in [0.5, 0.6) is 0 Å². The number of benzene rings is 1. The zero-order valence-electron chi connectivity index (χ0n) is 8.44. The van der Waals surface area contributed by atoms with Gasteiger partial charge in [0.15, 0.2) is 5.78 Å². The predicted molar refractivity (Wildman–Crippen MR) is 55.5 cm³/mol. The van der Waals surface area contributed by atoms with E-state index in [9.17, 15) is 4.79 Å². The third-order valence-electron chi connectivity index (χ3n) is 2.38. The third kappa shape index (κ3) is 2.60. The van der Waals surface area contributed by atoms with Crippen molar-refractivity contribution >= 4 is 5.78 Å². The molecule has 1 heterocycles. The summed E-state index contributed by atoms with van der Waals surface area (Å²) in [7, 11) is 0. The van der Waals surface area contributed by atoms with E-state index in [-0.39, 0.29) is 5.78 Å². The Bertz CT molecular complexity index is 341. The molecule has 4 N–H and O–H groups in total. The van der Waals surface area contributed by atoms with Crippen LogP contribution >= 0.6 is 0 Å². The first-order chi connectivity index (χ1) is 7.25. The molecule has 1 aliphatic rings. The highest BCUT2D eigenvalue weighted by atomic mass is 16.1. The molecule has 15 heavy (non-hydrogen) atoms. The number of nitrogens with two attached hydrogens (primary N) is 1. The molecule has 0 aliphatic carbocycles. The lowest BCUT2D eigenvalue weighted by Crippen LogP contribution is -3.22. The predicted octanol–water partition coefficient (Wildman–Crippen LogP) is -1.64. The average molecular weight is 207 g/mol. The van der Waals surface area contributed by atoms with E-state index in [1.807, 2.05) is 35.3 Å². The summed E-state index contributed by atoms with van der Waals surface area (Å²) in [5, 5.41) is 2.57. The maximum Gasteiger partial charge on any atom is 0.178 e. The first kappa shape index (κ1) is 10.3. The molecule has 0 saturated carbocycles. The number of rotatable bonds is 3. The van der Waals surface area contributed by atoms with Gasteiger partial charge in [0, 0.05) is 5.56 Å². The fraction of sp³-hybridized carbons (Fsp3) is 0.300. The second kappa shape index (κ2) is 4.50. The van der Waals surface area contributed by atoms with Gasteiger partial charge in [0.2, 0.25) is 0 Å². The smallest absolute Gasteiger partial charge is 0.178 e. The highest BCUT2D eigenvalue weighted by molar-refractivity contribution is 5.97. The third-order valence-corrected chi connectivity index (χ3v) is 2.38. The summed E-state index contributed by atoms with van der Waals surface area (Å²) < 4.78 is 0. The maximum atomic E-state index is 11.8. The van der Waals surface area contributed by atoms with Crippen molar-refractivity contribution in [2.75, 3.05) is 19.6 Å². The van der Waals surface area contributed by atoms with Gasteiger partial charge >= 0.3 is 0 Å². The second-order valence-corrected chi connectivity index (χ2v) is 3.60. The number of nitrogens with one attached hydrogen (secondary N) is 2. The van der Waals surface area contributed by atoms with Crippen LogP contribution in [0.1, 0.15) is 10.4 Å². The maximum absolute atomic E-state index is 11.8. The summed E-state index contributed by atoms with van der Waals surface area (Å²) in [5.74, 6) is 5.70. The Balaban J connectivity index is 1.93. The number of hydrazine groups is 1. The van der Waals surface area contributed by atoms with Crippen LogP contribution in [-0.4, -0.2) is 30.4 Å². The van der Waals surface area contributed by atoms with Crippen LogP contribution < -0.4 is 16.5 Å². The van der Waals surface area contributed by atoms with E-state index in [1.165, 1.54) is 0 Å². The number of hydrogen-bond acceptors (Lipinski definition) is 4. The molecule has 1 unspecified atom stereocenters. The van der Waals surface area contributed by atoms with Gasteiger partial charge in [-0.1, -0.05) is 35.9 Å². The Labute approximate surface area is 88.4 Å². The van der Waals surface area contributed by atoms with Crippen LogP contribution in [0.3, 0.4) is 0 Å². The van der Waals surface area contributed by atoms with Gasteiger partial charge in [-0.25, -0.2) is 0 Å². The van der Waals surface area contributed by atoms with E-state index in [1.54, 1.807) is 0 Å². The van der Waals surface area contributed by atoms with Crippen LogP contribution in [0.25, 0.3) is 0 Å². The molecule has 0 spiro atoms. The number of carbonyl (C=O) groups is 1. The van der Waals surface area contributed by atoms with Gasteiger partial charge < -0.3 is 0 Å². The highest BCUT2D eigenvalue weighted by Gasteiger charge is 2.22. The molecule has 1 saturated heterocycles. The second-order valence-electron chi connectivity index (χ2n) is 3.60. The molecular weight excluding hydrogens is 192 g/mol. The van der Waals surface area contributed by atoms with Crippen LogP contribution in [0.4, 0.5) is 0 Å². The summed E-state index contributed by atoms with van der Waals surface area (Å²) in [6.07, 6.45) is 0. The Morgan fingerprint density at radius 1 is 1.47 bits per heavy atom. The topological polar surface area (TPSA) is 62.8 Å². The minimum absolute atomic E-state index is 0.109. The molecule has 0 bridgehead atoms. The lowest BCUT2D eigenvalue weighted by atomic mass is 10.1. The number of quaternary nitrogens is 1. The van der Waals surface area contributed by atoms with Gasteiger partial charge in [-0.2, -0.15) is 16.0 Å². The molecule has 1 aromatic carbocycles. The van der Waals surface area contributed by atoms with Gasteiger partial charge in [-0.3, -0.25) is 4.79 Å². The Morgan fingerprint density at radius 2 is 2.20 bits per heavy atom. The monoisotopic (exact) mass is 207 g/mol. The van der Waals surface area contributed by atoms with Crippen LogP contribution in [-0.2, 0) is 0 Å². The molecule has 5 heteroatoms. The highest BCUT2D eigenvalue weighted by Crippen LogP contribution is 2.00. The zero-order valence-corrected chi connectivity index (χ0v) is 8.44. The van der Waals surface area contributed by atoms with Crippen molar-refractivity contribution in [3.63, 3.8) is 0 Å². The normalized spacial score (nSPS) is 21.8. The van der Waals surface area contributed by atoms with E-state index >= 15 is 0 Å². The molecule has 1 fully saturated rings. The molecule has 0 aromatic heterocycles. The van der Waals surface area contributed by atoms with Gasteiger partial charge in [0.25, 0.3) is 0 Å². The van der Waals surface area contributed by atoms with Gasteiger partial charge in [-0.05, 0) is 0 Å². The number of Topliss-reactive ketones (excluding diaryl/α,β-unsaturated/α-hetero) is 1. The molecule has 5 nitrogen and oxygen atoms in total. The van der Waals surface area contributed by atoms with E-state index in [0.29, 0.717) is 6.54 Å².